The zero-order valence-electron chi connectivity index (χ0n) is 9.95. The van der Waals surface area contributed by atoms with Gasteiger partial charge in [0.2, 0.25) is 0 Å². The molecule has 1 aromatic rings. The van der Waals surface area contributed by atoms with Gasteiger partial charge in [-0.1, -0.05) is 35.0 Å². The molecule has 0 bridgehead atoms. The summed E-state index contributed by atoms with van der Waals surface area (Å²) in [7, 11) is 0. The maximum Gasteiger partial charge on any atom is 0.303 e. The molecule has 0 amide bonds. The third-order valence-corrected chi connectivity index (χ3v) is 3.11. The van der Waals surface area contributed by atoms with Crippen molar-refractivity contribution in [3.63, 3.8) is 0 Å². The van der Waals surface area contributed by atoms with E-state index in [4.69, 9.17) is 5.11 Å². The van der Waals surface area contributed by atoms with Crippen LogP contribution < -0.4 is 5.32 Å². The van der Waals surface area contributed by atoms with Crippen LogP contribution in [0.15, 0.2) is 28.7 Å². The lowest BCUT2D eigenvalue weighted by Gasteiger charge is -2.13. The summed E-state index contributed by atoms with van der Waals surface area (Å²) in [6.07, 6.45) is 0.915. The van der Waals surface area contributed by atoms with Gasteiger partial charge in [-0.15, -0.1) is 0 Å². The molecule has 0 radical (unpaired) electrons. The van der Waals surface area contributed by atoms with Crippen LogP contribution in [0.2, 0.25) is 0 Å². The van der Waals surface area contributed by atoms with Crippen molar-refractivity contribution in [1.29, 1.82) is 0 Å². The molecule has 0 saturated carbocycles. The van der Waals surface area contributed by atoms with Crippen LogP contribution in [0.4, 0.5) is 0 Å². The van der Waals surface area contributed by atoms with Gasteiger partial charge in [0, 0.05) is 17.4 Å². The topological polar surface area (TPSA) is 49.3 Å². The average Bonchev–Trinajstić information content (AvgIpc) is 2.28. The minimum atomic E-state index is -0.730. The Labute approximate surface area is 110 Å². The van der Waals surface area contributed by atoms with Crippen LogP contribution in [0.1, 0.15) is 31.2 Å². The van der Waals surface area contributed by atoms with E-state index in [0.29, 0.717) is 12.3 Å². The molecule has 2 N–H and O–H groups in total. The Kier molecular flexibility index (Phi) is 6.22. The smallest absolute Gasteiger partial charge is 0.303 e. The van der Waals surface area contributed by atoms with Gasteiger partial charge in [0.05, 0.1) is 0 Å². The molecule has 94 valence electrons. The zero-order valence-corrected chi connectivity index (χ0v) is 11.5. The highest BCUT2D eigenvalue weighted by Gasteiger charge is 2.05. The number of carboxylic acids is 1. The third-order valence-electron chi connectivity index (χ3n) is 2.61. The van der Waals surface area contributed by atoms with Gasteiger partial charge in [-0.3, -0.25) is 4.79 Å². The Morgan fingerprint density at radius 2 is 2.29 bits per heavy atom. The summed E-state index contributed by atoms with van der Waals surface area (Å²) in [5.41, 5.74) is 1.28. The number of nitrogens with one attached hydrogen (secondary N) is 1. The molecule has 0 fully saturated rings. The summed E-state index contributed by atoms with van der Waals surface area (Å²) >= 11 is 3.45. The summed E-state index contributed by atoms with van der Waals surface area (Å²) in [6.45, 7) is 3.78. The van der Waals surface area contributed by atoms with Gasteiger partial charge < -0.3 is 10.4 Å². The third kappa shape index (κ3) is 5.84. The normalized spacial score (nSPS) is 12.4. The van der Waals surface area contributed by atoms with E-state index in [1.165, 1.54) is 5.56 Å². The van der Waals surface area contributed by atoms with Gasteiger partial charge in [0.25, 0.3) is 0 Å². The van der Waals surface area contributed by atoms with E-state index in [1.807, 2.05) is 12.1 Å². The standard InChI is InChI=1S/C13H18BrNO2/c1-10(9-15-7-3-6-13(16)17)11-4-2-5-12(14)8-11/h2,4-5,8,10,15H,3,6-7,9H2,1H3,(H,16,17). The lowest BCUT2D eigenvalue weighted by Crippen LogP contribution is -2.21. The van der Waals surface area contributed by atoms with Gasteiger partial charge in [-0.05, 0) is 36.6 Å². The van der Waals surface area contributed by atoms with Crippen molar-refractivity contribution >= 4 is 21.9 Å². The minimum absolute atomic E-state index is 0.234. The van der Waals surface area contributed by atoms with Crippen molar-refractivity contribution < 1.29 is 9.90 Å². The number of hydrogen-bond acceptors (Lipinski definition) is 2. The second-order valence-corrected chi connectivity index (χ2v) is 5.07. The molecular weight excluding hydrogens is 282 g/mol. The number of hydrogen-bond donors (Lipinski definition) is 2. The van der Waals surface area contributed by atoms with E-state index in [9.17, 15) is 4.79 Å². The molecule has 0 saturated heterocycles. The van der Waals surface area contributed by atoms with E-state index >= 15 is 0 Å². The molecule has 0 aliphatic carbocycles. The first-order valence-corrected chi connectivity index (χ1v) is 6.57. The summed E-state index contributed by atoms with van der Waals surface area (Å²) in [6, 6.07) is 8.26. The molecule has 0 spiro atoms. The quantitative estimate of drug-likeness (QED) is 0.761. The molecule has 1 rings (SSSR count). The zero-order chi connectivity index (χ0) is 12.7. The molecule has 1 atom stereocenters. The van der Waals surface area contributed by atoms with Crippen LogP contribution in [0.25, 0.3) is 0 Å². The second-order valence-electron chi connectivity index (χ2n) is 4.16. The Morgan fingerprint density at radius 3 is 2.94 bits per heavy atom. The fraction of sp³-hybridized carbons (Fsp3) is 0.462. The highest BCUT2D eigenvalue weighted by molar-refractivity contribution is 9.10. The van der Waals surface area contributed by atoms with Crippen molar-refractivity contribution in [2.45, 2.75) is 25.7 Å². The predicted molar refractivity (Wildman–Crippen MR) is 72.3 cm³/mol. The van der Waals surface area contributed by atoms with Gasteiger partial charge in [0.1, 0.15) is 0 Å². The highest BCUT2D eigenvalue weighted by atomic mass is 79.9. The molecule has 0 aliphatic heterocycles. The Morgan fingerprint density at radius 1 is 1.53 bits per heavy atom. The average molecular weight is 300 g/mol. The van der Waals surface area contributed by atoms with Gasteiger partial charge in [0.15, 0.2) is 0 Å². The Hall–Kier alpha value is -0.870. The molecule has 4 heteroatoms. The SMILES string of the molecule is CC(CNCCCC(=O)O)c1cccc(Br)c1. The summed E-state index contributed by atoms with van der Waals surface area (Å²) in [5, 5.41) is 11.8. The van der Waals surface area contributed by atoms with Crippen LogP contribution in [-0.2, 0) is 4.79 Å². The largest absolute Gasteiger partial charge is 0.481 e. The van der Waals surface area contributed by atoms with E-state index < -0.39 is 5.97 Å². The maximum absolute atomic E-state index is 10.3. The van der Waals surface area contributed by atoms with Crippen LogP contribution in [0, 0.1) is 0 Å². The lowest BCUT2D eigenvalue weighted by molar-refractivity contribution is -0.137. The molecule has 1 unspecified atom stereocenters. The van der Waals surface area contributed by atoms with E-state index in [0.717, 1.165) is 17.6 Å². The number of rotatable bonds is 7. The maximum atomic E-state index is 10.3. The van der Waals surface area contributed by atoms with Crippen molar-refractivity contribution in [2.24, 2.45) is 0 Å². The van der Waals surface area contributed by atoms with Crippen molar-refractivity contribution in [1.82, 2.24) is 5.32 Å². The second kappa shape index (κ2) is 7.45. The van der Waals surface area contributed by atoms with Crippen LogP contribution in [-0.4, -0.2) is 24.2 Å². The summed E-state index contributed by atoms with van der Waals surface area (Å²) < 4.78 is 1.09. The molecule has 0 heterocycles. The molecule has 1 aromatic carbocycles. The first-order chi connectivity index (χ1) is 8.09. The first kappa shape index (κ1) is 14.2. The monoisotopic (exact) mass is 299 g/mol. The fourth-order valence-electron chi connectivity index (χ4n) is 1.61. The van der Waals surface area contributed by atoms with Crippen molar-refractivity contribution in [3.05, 3.63) is 34.3 Å². The van der Waals surface area contributed by atoms with Gasteiger partial charge in [-0.25, -0.2) is 0 Å². The summed E-state index contributed by atoms with van der Waals surface area (Å²) in [4.78, 5) is 10.3. The van der Waals surface area contributed by atoms with Gasteiger partial charge >= 0.3 is 5.97 Å². The van der Waals surface area contributed by atoms with Crippen molar-refractivity contribution in [3.8, 4) is 0 Å². The van der Waals surface area contributed by atoms with Crippen molar-refractivity contribution in [2.75, 3.05) is 13.1 Å². The van der Waals surface area contributed by atoms with Crippen LogP contribution in [0.3, 0.4) is 0 Å². The number of benzene rings is 1. The van der Waals surface area contributed by atoms with Crippen LogP contribution in [0.5, 0.6) is 0 Å². The molecule has 0 aromatic heterocycles. The molecule has 3 nitrogen and oxygen atoms in total. The highest BCUT2D eigenvalue weighted by Crippen LogP contribution is 2.18. The van der Waals surface area contributed by atoms with E-state index in [1.54, 1.807) is 0 Å². The van der Waals surface area contributed by atoms with E-state index in [2.05, 4.69) is 40.3 Å². The molecule has 0 aliphatic rings. The number of carbonyl (C=O) groups is 1. The van der Waals surface area contributed by atoms with Gasteiger partial charge in [-0.2, -0.15) is 0 Å². The minimum Gasteiger partial charge on any atom is -0.481 e. The Bertz CT molecular complexity index is 368. The van der Waals surface area contributed by atoms with Crippen LogP contribution >= 0.6 is 15.9 Å². The molecular formula is C13H18BrNO2. The summed E-state index contributed by atoms with van der Waals surface area (Å²) in [5.74, 6) is -0.302. The number of carboxylic acid groups (broad SMARTS) is 1. The lowest BCUT2D eigenvalue weighted by atomic mass is 10.0. The number of aliphatic carboxylic acids is 1. The Balaban J connectivity index is 2.25. The van der Waals surface area contributed by atoms with E-state index in [-0.39, 0.29) is 6.42 Å². The number of halogens is 1. The fourth-order valence-corrected chi connectivity index (χ4v) is 2.03. The molecule has 17 heavy (non-hydrogen) atoms. The predicted octanol–water partition coefficient (Wildman–Crippen LogP) is 3.01. The first-order valence-electron chi connectivity index (χ1n) is 5.77.